The van der Waals surface area contributed by atoms with Crippen LogP contribution in [0.25, 0.3) is 0 Å². The summed E-state index contributed by atoms with van der Waals surface area (Å²) in [6.07, 6.45) is 0. The molecule has 0 radical (unpaired) electrons. The van der Waals surface area contributed by atoms with E-state index in [0.717, 1.165) is 0 Å². The Morgan fingerprint density at radius 1 is 1.42 bits per heavy atom. The van der Waals surface area contributed by atoms with Crippen LogP contribution >= 0.6 is 0 Å². The van der Waals surface area contributed by atoms with Crippen molar-refractivity contribution in [3.8, 4) is 0 Å². The summed E-state index contributed by atoms with van der Waals surface area (Å²) in [6, 6.07) is 5.90. The van der Waals surface area contributed by atoms with Gasteiger partial charge in [-0.3, -0.25) is 4.79 Å². The molecule has 2 aromatic rings. The van der Waals surface area contributed by atoms with E-state index >= 15 is 0 Å². The number of nitrogens with two attached hydrogens (primary N) is 1. The van der Waals surface area contributed by atoms with Crippen molar-refractivity contribution < 1.29 is 18.3 Å². The number of anilines is 1. The van der Waals surface area contributed by atoms with Crippen molar-refractivity contribution in [1.29, 1.82) is 0 Å². The minimum absolute atomic E-state index is 0.0657. The highest BCUT2D eigenvalue weighted by Gasteiger charge is 2.19. The lowest BCUT2D eigenvalue weighted by Gasteiger charge is -2.05. The Morgan fingerprint density at radius 2 is 2.16 bits per heavy atom. The summed E-state index contributed by atoms with van der Waals surface area (Å²) in [7, 11) is 1.52. The number of benzene rings is 1. The molecule has 0 aliphatic heterocycles. The number of aryl methyl sites for hydroxylation is 1. The molecule has 19 heavy (non-hydrogen) atoms. The third kappa shape index (κ3) is 2.66. The van der Waals surface area contributed by atoms with Gasteiger partial charge in [-0.2, -0.15) is 0 Å². The van der Waals surface area contributed by atoms with Crippen molar-refractivity contribution in [2.24, 2.45) is 0 Å². The van der Waals surface area contributed by atoms with Gasteiger partial charge >= 0.3 is 0 Å². The maximum atomic E-state index is 13.9. The summed E-state index contributed by atoms with van der Waals surface area (Å²) in [4.78, 5) is 12.2. The number of hydrogen-bond donors (Lipinski definition) is 1. The molecule has 0 saturated carbocycles. The van der Waals surface area contributed by atoms with E-state index in [4.69, 9.17) is 14.9 Å². The number of rotatable bonds is 4. The molecule has 0 amide bonds. The fourth-order valence-electron chi connectivity index (χ4n) is 1.82. The Hall–Kier alpha value is -2.14. The molecule has 0 fully saturated rings. The van der Waals surface area contributed by atoms with Gasteiger partial charge in [0.2, 0.25) is 5.78 Å². The van der Waals surface area contributed by atoms with Crippen LogP contribution in [0.15, 0.2) is 28.7 Å². The average molecular weight is 263 g/mol. The molecule has 1 aromatic carbocycles. The second-order valence-electron chi connectivity index (χ2n) is 4.23. The molecule has 0 spiro atoms. The number of furan rings is 1. The van der Waals surface area contributed by atoms with Crippen LogP contribution in [0.4, 0.5) is 10.1 Å². The SMILES string of the molecule is COCc1ccc(C(=O)c2cc(N)cc(C)c2F)o1. The molecule has 1 heterocycles. The van der Waals surface area contributed by atoms with Crippen LogP contribution in [-0.4, -0.2) is 12.9 Å². The Balaban J connectivity index is 2.38. The van der Waals surface area contributed by atoms with Gasteiger partial charge in [-0.25, -0.2) is 4.39 Å². The first-order valence-electron chi connectivity index (χ1n) is 5.71. The number of methoxy groups -OCH3 is 1. The molecule has 0 unspecified atom stereocenters. The van der Waals surface area contributed by atoms with Gasteiger partial charge in [0.1, 0.15) is 18.2 Å². The molecule has 0 aliphatic rings. The quantitative estimate of drug-likeness (QED) is 0.680. The van der Waals surface area contributed by atoms with Crippen LogP contribution in [0.3, 0.4) is 0 Å². The predicted molar refractivity (Wildman–Crippen MR) is 68.4 cm³/mol. The normalized spacial score (nSPS) is 10.7. The standard InChI is InChI=1S/C14H14FNO3/c1-8-5-9(16)6-11(13(8)15)14(17)12-4-3-10(19-12)7-18-2/h3-6H,7,16H2,1-2H3. The second-order valence-corrected chi connectivity index (χ2v) is 4.23. The minimum atomic E-state index is -0.580. The van der Waals surface area contributed by atoms with E-state index < -0.39 is 11.6 Å². The number of hydrogen-bond acceptors (Lipinski definition) is 4. The zero-order valence-corrected chi connectivity index (χ0v) is 10.7. The van der Waals surface area contributed by atoms with Gasteiger partial charge in [0, 0.05) is 12.8 Å². The molecular weight excluding hydrogens is 249 g/mol. The van der Waals surface area contributed by atoms with E-state index in [0.29, 0.717) is 17.0 Å². The van der Waals surface area contributed by atoms with Gasteiger partial charge in [-0.05, 0) is 36.8 Å². The van der Waals surface area contributed by atoms with Crippen LogP contribution in [0.1, 0.15) is 27.4 Å². The topological polar surface area (TPSA) is 65.5 Å². The van der Waals surface area contributed by atoms with Gasteiger partial charge in [0.25, 0.3) is 0 Å². The largest absolute Gasteiger partial charge is 0.455 e. The highest BCUT2D eigenvalue weighted by molar-refractivity contribution is 6.07. The molecule has 0 saturated heterocycles. The summed E-state index contributed by atoms with van der Waals surface area (Å²) in [5, 5.41) is 0. The van der Waals surface area contributed by atoms with E-state index in [1.807, 2.05) is 0 Å². The number of halogens is 1. The second kappa shape index (κ2) is 5.24. The summed E-state index contributed by atoms with van der Waals surface area (Å²) < 4.78 is 24.1. The monoisotopic (exact) mass is 263 g/mol. The van der Waals surface area contributed by atoms with E-state index in [1.54, 1.807) is 13.0 Å². The van der Waals surface area contributed by atoms with E-state index in [2.05, 4.69) is 0 Å². The summed E-state index contributed by atoms with van der Waals surface area (Å²) in [6.45, 7) is 1.81. The maximum Gasteiger partial charge on any atom is 0.231 e. The lowest BCUT2D eigenvalue weighted by Crippen LogP contribution is -2.06. The first-order chi connectivity index (χ1) is 9.02. The number of carbonyl (C=O) groups excluding carboxylic acids is 1. The molecule has 0 atom stereocenters. The first kappa shape index (κ1) is 13.3. The summed E-state index contributed by atoms with van der Waals surface area (Å²) >= 11 is 0. The van der Waals surface area contributed by atoms with Gasteiger partial charge < -0.3 is 14.9 Å². The van der Waals surface area contributed by atoms with E-state index in [-0.39, 0.29) is 17.9 Å². The smallest absolute Gasteiger partial charge is 0.231 e. The van der Waals surface area contributed by atoms with Crippen LogP contribution in [0.2, 0.25) is 0 Å². The molecule has 2 rings (SSSR count). The van der Waals surface area contributed by atoms with Crippen LogP contribution < -0.4 is 5.73 Å². The zero-order valence-electron chi connectivity index (χ0n) is 10.7. The predicted octanol–water partition coefficient (Wildman–Crippen LogP) is 2.69. The molecule has 100 valence electrons. The Morgan fingerprint density at radius 3 is 2.84 bits per heavy atom. The lowest BCUT2D eigenvalue weighted by atomic mass is 10.0. The Labute approximate surface area is 110 Å². The first-order valence-corrected chi connectivity index (χ1v) is 5.71. The fraction of sp³-hybridized carbons (Fsp3) is 0.214. The van der Waals surface area contributed by atoms with Crippen LogP contribution in [-0.2, 0) is 11.3 Å². The van der Waals surface area contributed by atoms with E-state index in [9.17, 15) is 9.18 Å². The number of carbonyl (C=O) groups is 1. The van der Waals surface area contributed by atoms with Gasteiger partial charge in [0.05, 0.1) is 5.56 Å². The lowest BCUT2D eigenvalue weighted by molar-refractivity contribution is 0.0996. The zero-order chi connectivity index (χ0) is 14.0. The van der Waals surface area contributed by atoms with Crippen molar-refractivity contribution in [2.45, 2.75) is 13.5 Å². The highest BCUT2D eigenvalue weighted by atomic mass is 19.1. The maximum absolute atomic E-state index is 13.9. The minimum Gasteiger partial charge on any atom is -0.455 e. The molecular formula is C14H14FNO3. The Kier molecular flexibility index (Phi) is 3.66. The fourth-order valence-corrected chi connectivity index (χ4v) is 1.82. The van der Waals surface area contributed by atoms with Gasteiger partial charge in [-0.15, -0.1) is 0 Å². The van der Waals surface area contributed by atoms with E-state index in [1.165, 1.54) is 25.3 Å². The van der Waals surface area contributed by atoms with Gasteiger partial charge in [-0.1, -0.05) is 0 Å². The van der Waals surface area contributed by atoms with Gasteiger partial charge in [0.15, 0.2) is 5.76 Å². The van der Waals surface area contributed by atoms with Crippen molar-refractivity contribution in [2.75, 3.05) is 12.8 Å². The average Bonchev–Trinajstić information content (AvgIpc) is 2.82. The molecule has 0 bridgehead atoms. The summed E-state index contributed by atoms with van der Waals surface area (Å²) in [5.74, 6) is -0.540. The van der Waals surface area contributed by atoms with Crippen molar-refractivity contribution in [3.63, 3.8) is 0 Å². The highest BCUT2D eigenvalue weighted by Crippen LogP contribution is 2.21. The van der Waals surface area contributed by atoms with Crippen LogP contribution in [0, 0.1) is 12.7 Å². The molecule has 1 aromatic heterocycles. The van der Waals surface area contributed by atoms with Crippen molar-refractivity contribution in [1.82, 2.24) is 0 Å². The van der Waals surface area contributed by atoms with Crippen molar-refractivity contribution in [3.05, 3.63) is 52.7 Å². The number of ether oxygens (including phenoxy) is 1. The molecule has 0 aliphatic carbocycles. The Bertz CT molecular complexity index is 619. The number of nitrogen functional groups attached to an aromatic ring is 1. The third-order valence-corrected chi connectivity index (χ3v) is 2.69. The molecule has 2 N–H and O–H groups in total. The molecule has 5 heteroatoms. The third-order valence-electron chi connectivity index (χ3n) is 2.69. The van der Waals surface area contributed by atoms with Crippen LogP contribution in [0.5, 0.6) is 0 Å². The van der Waals surface area contributed by atoms with Crippen molar-refractivity contribution >= 4 is 11.5 Å². The summed E-state index contributed by atoms with van der Waals surface area (Å²) in [5.41, 5.74) is 6.21. The number of ketones is 1. The molecule has 4 nitrogen and oxygen atoms in total.